The number of benzene rings is 1. The van der Waals surface area contributed by atoms with Crippen molar-refractivity contribution in [3.63, 3.8) is 0 Å². The molecule has 0 radical (unpaired) electrons. The highest BCUT2D eigenvalue weighted by Gasteiger charge is 2.18. The fraction of sp³-hybridized carbons (Fsp3) is 0.417. The maximum atomic E-state index is 11.7. The highest BCUT2D eigenvalue weighted by Crippen LogP contribution is 2.17. The third kappa shape index (κ3) is 3.45. The smallest absolute Gasteiger partial charge is 0.226 e. The number of ether oxygens (including phenoxy) is 1. The molecule has 1 aromatic carbocycles. The molecule has 0 aliphatic carbocycles. The average molecular weight is 331 g/mol. The summed E-state index contributed by atoms with van der Waals surface area (Å²) in [5, 5.41) is 2.87. The molecule has 0 saturated carbocycles. The van der Waals surface area contributed by atoms with Gasteiger partial charge in [0, 0.05) is 15.9 Å². The Morgan fingerprint density at radius 2 is 2.19 bits per heavy atom. The SMILES string of the molecule is O=C(CC1CCCO1)Nc1ccc(I)cc1. The lowest BCUT2D eigenvalue weighted by atomic mass is 10.2. The molecule has 3 nitrogen and oxygen atoms in total. The number of hydrogen-bond acceptors (Lipinski definition) is 2. The molecule has 1 aliphatic rings. The van der Waals surface area contributed by atoms with Crippen molar-refractivity contribution in [2.24, 2.45) is 0 Å². The summed E-state index contributed by atoms with van der Waals surface area (Å²) in [6.45, 7) is 0.793. The van der Waals surface area contributed by atoms with E-state index in [4.69, 9.17) is 4.74 Å². The van der Waals surface area contributed by atoms with E-state index in [1.165, 1.54) is 0 Å². The van der Waals surface area contributed by atoms with E-state index in [-0.39, 0.29) is 12.0 Å². The fourth-order valence-corrected chi connectivity index (χ4v) is 2.12. The van der Waals surface area contributed by atoms with Gasteiger partial charge >= 0.3 is 0 Å². The van der Waals surface area contributed by atoms with E-state index < -0.39 is 0 Å². The Morgan fingerprint density at radius 3 is 2.81 bits per heavy atom. The molecule has 1 N–H and O–H groups in total. The minimum absolute atomic E-state index is 0.0353. The van der Waals surface area contributed by atoms with Crippen LogP contribution in [0, 0.1) is 3.57 Å². The molecule has 1 saturated heterocycles. The largest absolute Gasteiger partial charge is 0.378 e. The second-order valence-corrected chi connectivity index (χ2v) is 5.14. The Hall–Kier alpha value is -0.620. The Kier molecular flexibility index (Phi) is 4.17. The van der Waals surface area contributed by atoms with Crippen LogP contribution in [0.4, 0.5) is 5.69 Å². The van der Waals surface area contributed by atoms with Gasteiger partial charge in [0.1, 0.15) is 0 Å². The predicted molar refractivity (Wildman–Crippen MR) is 71.4 cm³/mol. The lowest BCUT2D eigenvalue weighted by Crippen LogP contribution is -2.19. The van der Waals surface area contributed by atoms with Crippen LogP contribution in [-0.2, 0) is 9.53 Å². The summed E-state index contributed by atoms with van der Waals surface area (Å²) in [6, 6.07) is 7.77. The molecule has 1 unspecified atom stereocenters. The standard InChI is InChI=1S/C12H14INO2/c13-9-3-5-10(6-4-9)14-12(15)8-11-2-1-7-16-11/h3-6,11H,1-2,7-8H2,(H,14,15). The summed E-state index contributed by atoms with van der Waals surface area (Å²) < 4.78 is 6.58. The summed E-state index contributed by atoms with van der Waals surface area (Å²) in [5.41, 5.74) is 0.850. The Bertz CT molecular complexity index is 358. The second kappa shape index (κ2) is 5.63. The van der Waals surface area contributed by atoms with Crippen molar-refractivity contribution in [3.05, 3.63) is 27.8 Å². The minimum Gasteiger partial charge on any atom is -0.378 e. The first-order valence-corrected chi connectivity index (χ1v) is 6.49. The van der Waals surface area contributed by atoms with Gasteiger partial charge in [-0.15, -0.1) is 0 Å². The van der Waals surface area contributed by atoms with Crippen LogP contribution in [0.15, 0.2) is 24.3 Å². The van der Waals surface area contributed by atoms with Crippen molar-refractivity contribution >= 4 is 34.2 Å². The molecule has 1 aromatic rings. The number of nitrogens with one attached hydrogen (secondary N) is 1. The zero-order chi connectivity index (χ0) is 11.4. The maximum absolute atomic E-state index is 11.7. The van der Waals surface area contributed by atoms with Crippen LogP contribution in [0.2, 0.25) is 0 Å². The molecule has 1 heterocycles. The molecule has 0 spiro atoms. The first-order valence-electron chi connectivity index (χ1n) is 5.41. The number of hydrogen-bond donors (Lipinski definition) is 1. The van der Waals surface area contributed by atoms with Crippen LogP contribution in [0.5, 0.6) is 0 Å². The number of anilines is 1. The third-order valence-corrected chi connectivity index (χ3v) is 3.28. The predicted octanol–water partition coefficient (Wildman–Crippen LogP) is 2.80. The van der Waals surface area contributed by atoms with Gasteiger partial charge in [0.05, 0.1) is 12.5 Å². The summed E-state index contributed by atoms with van der Waals surface area (Å²) in [7, 11) is 0. The van der Waals surface area contributed by atoms with Gasteiger partial charge in [0.25, 0.3) is 0 Å². The fourth-order valence-electron chi connectivity index (χ4n) is 1.76. The number of halogens is 1. The van der Waals surface area contributed by atoms with Crippen molar-refractivity contribution < 1.29 is 9.53 Å². The number of carbonyl (C=O) groups excluding carboxylic acids is 1. The molecular formula is C12H14INO2. The molecule has 1 aliphatic heterocycles. The Balaban J connectivity index is 1.84. The van der Waals surface area contributed by atoms with Gasteiger partial charge in [-0.1, -0.05) is 0 Å². The topological polar surface area (TPSA) is 38.3 Å². The lowest BCUT2D eigenvalue weighted by molar-refractivity contribution is -0.118. The first kappa shape index (κ1) is 11.9. The molecule has 2 rings (SSSR count). The van der Waals surface area contributed by atoms with E-state index >= 15 is 0 Å². The summed E-state index contributed by atoms with van der Waals surface area (Å²) in [6.07, 6.45) is 2.65. The third-order valence-electron chi connectivity index (χ3n) is 2.57. The highest BCUT2D eigenvalue weighted by atomic mass is 127. The zero-order valence-corrected chi connectivity index (χ0v) is 11.1. The molecule has 86 valence electrons. The van der Waals surface area contributed by atoms with E-state index in [0.29, 0.717) is 6.42 Å². The number of rotatable bonds is 3. The van der Waals surface area contributed by atoms with E-state index in [1.807, 2.05) is 24.3 Å². The van der Waals surface area contributed by atoms with Gasteiger partial charge in [-0.2, -0.15) is 0 Å². The molecule has 0 bridgehead atoms. The van der Waals surface area contributed by atoms with Gasteiger partial charge in [-0.05, 0) is 59.7 Å². The molecule has 1 fully saturated rings. The van der Waals surface area contributed by atoms with Gasteiger partial charge < -0.3 is 10.1 Å². The van der Waals surface area contributed by atoms with Crippen molar-refractivity contribution in [3.8, 4) is 0 Å². The lowest BCUT2D eigenvalue weighted by Gasteiger charge is -2.09. The molecule has 16 heavy (non-hydrogen) atoms. The first-order chi connectivity index (χ1) is 7.74. The molecule has 0 aromatic heterocycles. The van der Waals surface area contributed by atoms with Gasteiger partial charge in [-0.25, -0.2) is 0 Å². The molecule has 1 amide bonds. The van der Waals surface area contributed by atoms with E-state index in [2.05, 4.69) is 27.9 Å². The quantitative estimate of drug-likeness (QED) is 0.865. The van der Waals surface area contributed by atoms with E-state index in [0.717, 1.165) is 28.7 Å². The van der Waals surface area contributed by atoms with Crippen LogP contribution in [0.1, 0.15) is 19.3 Å². The van der Waals surface area contributed by atoms with Gasteiger partial charge in [0.15, 0.2) is 0 Å². The van der Waals surface area contributed by atoms with Crippen molar-refractivity contribution in [2.45, 2.75) is 25.4 Å². The molecule has 4 heteroatoms. The Labute approximate surface area is 109 Å². The molecular weight excluding hydrogens is 317 g/mol. The summed E-state index contributed by atoms with van der Waals surface area (Å²) >= 11 is 2.24. The summed E-state index contributed by atoms with van der Waals surface area (Å²) in [4.78, 5) is 11.7. The Morgan fingerprint density at radius 1 is 1.44 bits per heavy atom. The van der Waals surface area contributed by atoms with Crippen LogP contribution in [0.3, 0.4) is 0 Å². The maximum Gasteiger partial charge on any atom is 0.226 e. The van der Waals surface area contributed by atoms with Crippen LogP contribution in [0.25, 0.3) is 0 Å². The van der Waals surface area contributed by atoms with Crippen molar-refractivity contribution in [1.29, 1.82) is 0 Å². The van der Waals surface area contributed by atoms with Crippen molar-refractivity contribution in [2.75, 3.05) is 11.9 Å². The monoisotopic (exact) mass is 331 g/mol. The van der Waals surface area contributed by atoms with Gasteiger partial charge in [0.2, 0.25) is 5.91 Å². The molecule has 1 atom stereocenters. The zero-order valence-electron chi connectivity index (χ0n) is 8.91. The van der Waals surface area contributed by atoms with Gasteiger partial charge in [-0.3, -0.25) is 4.79 Å². The van der Waals surface area contributed by atoms with Crippen LogP contribution in [-0.4, -0.2) is 18.6 Å². The summed E-state index contributed by atoms with van der Waals surface area (Å²) in [5.74, 6) is 0.0353. The highest BCUT2D eigenvalue weighted by molar-refractivity contribution is 14.1. The minimum atomic E-state index is 0.0353. The van der Waals surface area contributed by atoms with E-state index in [1.54, 1.807) is 0 Å². The van der Waals surface area contributed by atoms with Crippen LogP contribution < -0.4 is 5.32 Å². The average Bonchev–Trinajstić information content (AvgIpc) is 2.74. The second-order valence-electron chi connectivity index (χ2n) is 3.89. The number of carbonyl (C=O) groups is 1. The number of amides is 1. The van der Waals surface area contributed by atoms with E-state index in [9.17, 15) is 4.79 Å². The van der Waals surface area contributed by atoms with Crippen LogP contribution >= 0.6 is 22.6 Å². The van der Waals surface area contributed by atoms with Crippen molar-refractivity contribution in [1.82, 2.24) is 0 Å². The normalized spacial score (nSPS) is 19.7.